The van der Waals surface area contributed by atoms with Crippen LogP contribution >= 0.6 is 0 Å². The largest absolute Gasteiger partial charge is 0.465 e. The van der Waals surface area contributed by atoms with Crippen LogP contribution in [0.15, 0.2) is 18.2 Å². The maximum absolute atomic E-state index is 11.6. The van der Waals surface area contributed by atoms with Crippen molar-refractivity contribution in [1.82, 2.24) is 0 Å². The lowest BCUT2D eigenvalue weighted by Crippen LogP contribution is -2.26. The van der Waals surface area contributed by atoms with Crippen molar-refractivity contribution in [2.24, 2.45) is 5.92 Å². The van der Waals surface area contributed by atoms with E-state index in [1.807, 2.05) is 6.07 Å². The SMILES string of the molecule is CCC1CCC(Nc2ccc(N)c(C(=O)OC)c2)CC1. The van der Waals surface area contributed by atoms with Crippen LogP contribution in [-0.4, -0.2) is 19.1 Å². The van der Waals surface area contributed by atoms with E-state index in [4.69, 9.17) is 10.5 Å². The van der Waals surface area contributed by atoms with Crippen LogP contribution in [0, 0.1) is 5.92 Å². The molecule has 0 aromatic heterocycles. The average Bonchev–Trinajstić information content (AvgIpc) is 2.49. The molecule has 1 fully saturated rings. The predicted molar refractivity (Wildman–Crippen MR) is 81.9 cm³/mol. The van der Waals surface area contributed by atoms with Gasteiger partial charge in [0.2, 0.25) is 0 Å². The molecule has 0 unspecified atom stereocenters. The Morgan fingerprint density at radius 1 is 1.35 bits per heavy atom. The highest BCUT2D eigenvalue weighted by molar-refractivity contribution is 5.96. The Labute approximate surface area is 120 Å². The smallest absolute Gasteiger partial charge is 0.340 e. The summed E-state index contributed by atoms with van der Waals surface area (Å²) in [6.45, 7) is 2.26. The first-order valence-corrected chi connectivity index (χ1v) is 7.38. The zero-order valence-corrected chi connectivity index (χ0v) is 12.3. The summed E-state index contributed by atoms with van der Waals surface area (Å²) in [4.78, 5) is 11.6. The number of anilines is 2. The Hall–Kier alpha value is -1.71. The molecule has 0 amide bonds. The fourth-order valence-electron chi connectivity index (χ4n) is 2.88. The summed E-state index contributed by atoms with van der Waals surface area (Å²) in [5.74, 6) is 0.492. The van der Waals surface area contributed by atoms with Gasteiger partial charge >= 0.3 is 5.97 Å². The molecule has 1 aromatic rings. The van der Waals surface area contributed by atoms with Gasteiger partial charge in [-0.05, 0) is 49.8 Å². The molecule has 2 rings (SSSR count). The topological polar surface area (TPSA) is 64.3 Å². The Bertz CT molecular complexity index is 466. The third-order valence-electron chi connectivity index (χ3n) is 4.25. The van der Waals surface area contributed by atoms with Gasteiger partial charge in [-0.3, -0.25) is 0 Å². The minimum Gasteiger partial charge on any atom is -0.465 e. The van der Waals surface area contributed by atoms with Gasteiger partial charge in [0, 0.05) is 17.4 Å². The highest BCUT2D eigenvalue weighted by Crippen LogP contribution is 2.29. The normalized spacial score (nSPS) is 22.3. The molecule has 0 spiro atoms. The standard InChI is InChI=1S/C16H24N2O2/c1-3-11-4-6-12(7-5-11)18-13-8-9-15(17)14(10-13)16(19)20-2/h8-12,18H,3-7,17H2,1-2H3. The van der Waals surface area contributed by atoms with Gasteiger partial charge in [0.1, 0.15) is 0 Å². The summed E-state index contributed by atoms with van der Waals surface area (Å²) in [5.41, 5.74) is 7.64. The molecule has 4 nitrogen and oxygen atoms in total. The van der Waals surface area contributed by atoms with Crippen LogP contribution in [0.4, 0.5) is 11.4 Å². The van der Waals surface area contributed by atoms with Gasteiger partial charge in [0.25, 0.3) is 0 Å². The van der Waals surface area contributed by atoms with Crippen molar-refractivity contribution in [2.45, 2.75) is 45.1 Å². The van der Waals surface area contributed by atoms with Crippen molar-refractivity contribution < 1.29 is 9.53 Å². The molecule has 0 radical (unpaired) electrons. The molecule has 4 heteroatoms. The fourth-order valence-corrected chi connectivity index (χ4v) is 2.88. The van der Waals surface area contributed by atoms with E-state index in [0.717, 1.165) is 11.6 Å². The van der Waals surface area contributed by atoms with Gasteiger partial charge in [0.15, 0.2) is 0 Å². The van der Waals surface area contributed by atoms with Gasteiger partial charge in [-0.1, -0.05) is 13.3 Å². The van der Waals surface area contributed by atoms with Gasteiger partial charge in [-0.2, -0.15) is 0 Å². The van der Waals surface area contributed by atoms with Crippen LogP contribution in [0.25, 0.3) is 0 Å². The van der Waals surface area contributed by atoms with Gasteiger partial charge in [-0.25, -0.2) is 4.79 Å². The minimum absolute atomic E-state index is 0.388. The third-order valence-corrected chi connectivity index (χ3v) is 4.25. The van der Waals surface area contributed by atoms with Gasteiger partial charge < -0.3 is 15.8 Å². The highest BCUT2D eigenvalue weighted by atomic mass is 16.5. The Balaban J connectivity index is 2.01. The molecule has 1 aliphatic rings. The molecule has 1 aliphatic carbocycles. The van der Waals surface area contributed by atoms with Crippen LogP contribution in [0.5, 0.6) is 0 Å². The Morgan fingerprint density at radius 3 is 2.65 bits per heavy atom. The molecular weight excluding hydrogens is 252 g/mol. The van der Waals surface area contributed by atoms with E-state index in [1.165, 1.54) is 39.2 Å². The first kappa shape index (κ1) is 14.7. The van der Waals surface area contributed by atoms with Crippen molar-refractivity contribution in [3.63, 3.8) is 0 Å². The summed E-state index contributed by atoms with van der Waals surface area (Å²) in [6.07, 6.45) is 6.23. The number of nitrogen functional groups attached to an aromatic ring is 1. The molecule has 1 aromatic carbocycles. The number of nitrogens with two attached hydrogens (primary N) is 1. The monoisotopic (exact) mass is 276 g/mol. The lowest BCUT2D eigenvalue weighted by molar-refractivity contribution is 0.0602. The number of carbonyl (C=O) groups excluding carboxylic acids is 1. The van der Waals surface area contributed by atoms with Crippen LogP contribution in [0.1, 0.15) is 49.4 Å². The summed E-state index contributed by atoms with van der Waals surface area (Å²) in [7, 11) is 1.37. The number of carbonyl (C=O) groups is 1. The number of ether oxygens (including phenoxy) is 1. The van der Waals surface area contributed by atoms with Gasteiger partial charge in [0.05, 0.1) is 12.7 Å². The first-order valence-electron chi connectivity index (χ1n) is 7.38. The third kappa shape index (κ3) is 3.44. The summed E-state index contributed by atoms with van der Waals surface area (Å²) >= 11 is 0. The molecule has 3 N–H and O–H groups in total. The van der Waals surface area contributed by atoms with Crippen molar-refractivity contribution in [1.29, 1.82) is 0 Å². The number of hydrogen-bond donors (Lipinski definition) is 2. The van der Waals surface area contributed by atoms with Crippen LogP contribution in [0.3, 0.4) is 0 Å². The second kappa shape index (κ2) is 6.64. The van der Waals surface area contributed by atoms with E-state index < -0.39 is 0 Å². The Kier molecular flexibility index (Phi) is 4.88. The lowest BCUT2D eigenvalue weighted by atomic mass is 9.84. The molecule has 1 saturated carbocycles. The summed E-state index contributed by atoms with van der Waals surface area (Å²) < 4.78 is 4.74. The Morgan fingerprint density at radius 2 is 2.05 bits per heavy atom. The molecule has 0 heterocycles. The van der Waals surface area contributed by atoms with Crippen molar-refractivity contribution in [3.05, 3.63) is 23.8 Å². The highest BCUT2D eigenvalue weighted by Gasteiger charge is 2.20. The van der Waals surface area contributed by atoms with E-state index >= 15 is 0 Å². The molecule has 20 heavy (non-hydrogen) atoms. The maximum atomic E-state index is 11.6. The zero-order chi connectivity index (χ0) is 14.5. The molecule has 0 bridgehead atoms. The number of hydrogen-bond acceptors (Lipinski definition) is 4. The molecule has 0 aliphatic heterocycles. The lowest BCUT2D eigenvalue weighted by Gasteiger charge is -2.29. The van der Waals surface area contributed by atoms with Gasteiger partial charge in [-0.15, -0.1) is 0 Å². The zero-order valence-electron chi connectivity index (χ0n) is 12.3. The minimum atomic E-state index is -0.388. The second-order valence-corrected chi connectivity index (χ2v) is 5.56. The number of rotatable bonds is 4. The van der Waals surface area contributed by atoms with E-state index in [-0.39, 0.29) is 5.97 Å². The van der Waals surface area contributed by atoms with Crippen molar-refractivity contribution in [3.8, 4) is 0 Å². The number of methoxy groups -OCH3 is 1. The molecular formula is C16H24N2O2. The van der Waals surface area contributed by atoms with Crippen LogP contribution in [-0.2, 0) is 4.74 Å². The van der Waals surface area contributed by atoms with Crippen LogP contribution in [0.2, 0.25) is 0 Å². The summed E-state index contributed by atoms with van der Waals surface area (Å²) in [6, 6.07) is 5.96. The van der Waals surface area contributed by atoms with Crippen LogP contribution < -0.4 is 11.1 Å². The summed E-state index contributed by atoms with van der Waals surface area (Å²) in [5, 5.41) is 3.51. The maximum Gasteiger partial charge on any atom is 0.340 e. The van der Waals surface area contributed by atoms with E-state index in [2.05, 4.69) is 12.2 Å². The quantitative estimate of drug-likeness (QED) is 0.653. The first-order chi connectivity index (χ1) is 9.63. The molecule has 110 valence electrons. The van der Waals surface area contributed by atoms with E-state index in [1.54, 1.807) is 12.1 Å². The van der Waals surface area contributed by atoms with E-state index in [9.17, 15) is 4.79 Å². The van der Waals surface area contributed by atoms with E-state index in [0.29, 0.717) is 17.3 Å². The van der Waals surface area contributed by atoms with Crippen molar-refractivity contribution >= 4 is 17.3 Å². The average molecular weight is 276 g/mol. The molecule has 0 saturated heterocycles. The number of esters is 1. The predicted octanol–water partition coefficient (Wildman–Crippen LogP) is 3.44. The molecule has 0 atom stereocenters. The van der Waals surface area contributed by atoms with Crippen molar-refractivity contribution in [2.75, 3.05) is 18.2 Å². The fraction of sp³-hybridized carbons (Fsp3) is 0.562. The second-order valence-electron chi connectivity index (χ2n) is 5.56. The number of benzene rings is 1. The number of nitrogens with one attached hydrogen (secondary N) is 1.